The number of benzene rings is 2. The number of halogens is 1. The van der Waals surface area contributed by atoms with Crippen LogP contribution in [-0.2, 0) is 17.9 Å². The summed E-state index contributed by atoms with van der Waals surface area (Å²) in [5, 5.41) is 8.64. The highest BCUT2D eigenvalue weighted by Gasteiger charge is 2.21. The van der Waals surface area contributed by atoms with Gasteiger partial charge >= 0.3 is 0 Å². The first-order valence-corrected chi connectivity index (χ1v) is 9.39. The third kappa shape index (κ3) is 3.96. The summed E-state index contributed by atoms with van der Waals surface area (Å²) in [6.45, 7) is 9.37. The molecule has 6 heteroatoms. The van der Waals surface area contributed by atoms with E-state index in [4.69, 9.17) is 0 Å². The maximum Gasteiger partial charge on any atom is 0.224 e. The molecule has 0 aliphatic heterocycles. The molecule has 0 radical (unpaired) electrons. The second-order valence-electron chi connectivity index (χ2n) is 7.66. The molecule has 0 aliphatic rings. The number of carbonyl (C=O) groups excluding carboxylic acids is 1. The highest BCUT2D eigenvalue weighted by Crippen LogP contribution is 2.34. The fourth-order valence-electron chi connectivity index (χ4n) is 2.90. The van der Waals surface area contributed by atoms with Crippen LogP contribution in [0, 0.1) is 5.41 Å². The Labute approximate surface area is 162 Å². The minimum atomic E-state index is -0.0176. The summed E-state index contributed by atoms with van der Waals surface area (Å²) in [5.74, 6) is -0.0176. The first kappa shape index (κ1) is 18.6. The second-order valence-corrected chi connectivity index (χ2v) is 8.46. The SMILES string of the molecule is CC(=O)N(Cc1ccccc1)c1ccc2c(nnn2CC(C)(C)C)c1Br. The molecule has 5 nitrogen and oxygen atoms in total. The Morgan fingerprint density at radius 2 is 1.85 bits per heavy atom. The molecule has 0 atom stereocenters. The molecule has 0 unspecified atom stereocenters. The van der Waals surface area contributed by atoms with E-state index >= 15 is 0 Å². The van der Waals surface area contributed by atoms with Gasteiger partial charge in [0.05, 0.1) is 22.2 Å². The average molecular weight is 415 g/mol. The molecule has 26 heavy (non-hydrogen) atoms. The van der Waals surface area contributed by atoms with Crippen LogP contribution in [0.4, 0.5) is 5.69 Å². The van der Waals surface area contributed by atoms with Gasteiger partial charge in [-0.2, -0.15) is 0 Å². The van der Waals surface area contributed by atoms with Gasteiger partial charge in [-0.15, -0.1) is 5.10 Å². The summed E-state index contributed by atoms with van der Waals surface area (Å²) in [6.07, 6.45) is 0. The molecule has 2 aromatic carbocycles. The first-order valence-electron chi connectivity index (χ1n) is 8.60. The standard InChI is InChI=1S/C20H23BrN4O/c1-14(26)24(12-15-8-6-5-7-9-15)16-10-11-17-19(18(16)21)22-23-25(17)13-20(2,3)4/h5-11H,12-13H2,1-4H3. The molecule has 1 heterocycles. The quantitative estimate of drug-likeness (QED) is 0.616. The van der Waals surface area contributed by atoms with E-state index in [9.17, 15) is 4.79 Å². The molecule has 0 fully saturated rings. The van der Waals surface area contributed by atoms with Crippen molar-refractivity contribution in [3.05, 3.63) is 52.5 Å². The van der Waals surface area contributed by atoms with E-state index in [1.165, 1.54) is 0 Å². The number of amides is 1. The van der Waals surface area contributed by atoms with Gasteiger partial charge in [0, 0.05) is 13.5 Å². The molecule has 136 valence electrons. The number of nitrogens with zero attached hydrogens (tertiary/aromatic N) is 4. The summed E-state index contributed by atoms with van der Waals surface area (Å²) in [7, 11) is 0. The van der Waals surface area contributed by atoms with Crippen molar-refractivity contribution in [1.29, 1.82) is 0 Å². The van der Waals surface area contributed by atoms with Crippen LogP contribution < -0.4 is 4.90 Å². The number of fused-ring (bicyclic) bond motifs is 1. The van der Waals surface area contributed by atoms with Crippen molar-refractivity contribution in [3.8, 4) is 0 Å². The summed E-state index contributed by atoms with van der Waals surface area (Å²) < 4.78 is 2.71. The molecule has 3 rings (SSSR count). The number of anilines is 1. The Bertz CT molecular complexity index is 928. The molecule has 3 aromatic rings. The van der Waals surface area contributed by atoms with E-state index < -0.39 is 0 Å². The number of hydrogen-bond acceptors (Lipinski definition) is 3. The number of carbonyl (C=O) groups is 1. The second kappa shape index (κ2) is 7.19. The first-order chi connectivity index (χ1) is 12.3. The lowest BCUT2D eigenvalue weighted by Crippen LogP contribution is -2.28. The molecule has 0 bridgehead atoms. The van der Waals surface area contributed by atoms with Crippen molar-refractivity contribution in [2.45, 2.75) is 40.8 Å². The number of rotatable bonds is 4. The minimum absolute atomic E-state index is 0.0176. The predicted molar refractivity (Wildman–Crippen MR) is 108 cm³/mol. The van der Waals surface area contributed by atoms with E-state index in [1.54, 1.807) is 11.8 Å². The van der Waals surface area contributed by atoms with Crippen molar-refractivity contribution < 1.29 is 4.79 Å². The molecular formula is C20H23BrN4O. The third-order valence-corrected chi connectivity index (χ3v) is 4.87. The zero-order valence-electron chi connectivity index (χ0n) is 15.5. The molecule has 0 aliphatic carbocycles. The predicted octanol–water partition coefficient (Wildman–Crippen LogP) is 4.79. The normalized spacial score (nSPS) is 11.7. The van der Waals surface area contributed by atoms with Crippen molar-refractivity contribution >= 4 is 38.6 Å². The summed E-state index contributed by atoms with van der Waals surface area (Å²) >= 11 is 3.65. The van der Waals surface area contributed by atoms with Crippen LogP contribution in [-0.4, -0.2) is 20.9 Å². The topological polar surface area (TPSA) is 51.0 Å². The maximum absolute atomic E-state index is 12.3. The van der Waals surface area contributed by atoms with Crippen molar-refractivity contribution in [2.24, 2.45) is 5.41 Å². The van der Waals surface area contributed by atoms with Gasteiger partial charge in [0.15, 0.2) is 0 Å². The molecule has 1 amide bonds. The molecule has 0 N–H and O–H groups in total. The Morgan fingerprint density at radius 3 is 2.46 bits per heavy atom. The van der Waals surface area contributed by atoms with Crippen LogP contribution in [0.15, 0.2) is 46.9 Å². The van der Waals surface area contributed by atoms with Crippen molar-refractivity contribution in [1.82, 2.24) is 15.0 Å². The Kier molecular flexibility index (Phi) is 5.14. The van der Waals surface area contributed by atoms with Crippen LogP contribution in [0.2, 0.25) is 0 Å². The van der Waals surface area contributed by atoms with E-state index in [-0.39, 0.29) is 11.3 Å². The van der Waals surface area contributed by atoms with Gasteiger partial charge in [-0.25, -0.2) is 4.68 Å². The molecule has 0 saturated heterocycles. The largest absolute Gasteiger partial charge is 0.307 e. The van der Waals surface area contributed by atoms with Crippen LogP contribution >= 0.6 is 15.9 Å². The lowest BCUT2D eigenvalue weighted by Gasteiger charge is -2.23. The fraction of sp³-hybridized carbons (Fsp3) is 0.350. The van der Waals surface area contributed by atoms with Crippen molar-refractivity contribution in [2.75, 3.05) is 4.90 Å². The van der Waals surface area contributed by atoms with Gasteiger partial charge in [0.2, 0.25) is 5.91 Å². The smallest absolute Gasteiger partial charge is 0.224 e. The zero-order valence-corrected chi connectivity index (χ0v) is 17.1. The van der Waals surface area contributed by atoms with Crippen LogP contribution in [0.3, 0.4) is 0 Å². The van der Waals surface area contributed by atoms with Gasteiger partial charge in [-0.05, 0) is 39.0 Å². The van der Waals surface area contributed by atoms with Gasteiger partial charge < -0.3 is 4.90 Å². The highest BCUT2D eigenvalue weighted by molar-refractivity contribution is 9.10. The van der Waals surface area contributed by atoms with Crippen molar-refractivity contribution in [3.63, 3.8) is 0 Å². The highest BCUT2D eigenvalue weighted by atomic mass is 79.9. The third-order valence-electron chi connectivity index (χ3n) is 4.08. The maximum atomic E-state index is 12.3. The van der Waals surface area contributed by atoms with Crippen LogP contribution in [0.25, 0.3) is 11.0 Å². The molecule has 0 spiro atoms. The monoisotopic (exact) mass is 414 g/mol. The van der Waals surface area contributed by atoms with Gasteiger partial charge in [0.1, 0.15) is 5.52 Å². The van der Waals surface area contributed by atoms with Crippen LogP contribution in [0.5, 0.6) is 0 Å². The van der Waals surface area contributed by atoms with Crippen LogP contribution in [0.1, 0.15) is 33.3 Å². The van der Waals surface area contributed by atoms with E-state index in [0.29, 0.717) is 6.54 Å². The number of aromatic nitrogens is 3. The Balaban J connectivity index is 2.01. The lowest BCUT2D eigenvalue weighted by molar-refractivity contribution is -0.116. The summed E-state index contributed by atoms with van der Waals surface area (Å²) in [4.78, 5) is 14.0. The Morgan fingerprint density at radius 1 is 1.15 bits per heavy atom. The number of hydrogen-bond donors (Lipinski definition) is 0. The van der Waals surface area contributed by atoms with E-state index in [0.717, 1.165) is 33.3 Å². The Hall–Kier alpha value is -2.21. The van der Waals surface area contributed by atoms with Gasteiger partial charge in [-0.3, -0.25) is 4.79 Å². The molecule has 0 saturated carbocycles. The zero-order chi connectivity index (χ0) is 18.9. The summed E-state index contributed by atoms with van der Waals surface area (Å²) in [6, 6.07) is 13.9. The lowest BCUT2D eigenvalue weighted by atomic mass is 9.97. The summed E-state index contributed by atoms with van der Waals surface area (Å²) in [5.41, 5.74) is 3.71. The fourth-order valence-corrected chi connectivity index (χ4v) is 3.53. The van der Waals surface area contributed by atoms with Gasteiger partial charge in [-0.1, -0.05) is 56.3 Å². The average Bonchev–Trinajstić information content (AvgIpc) is 2.96. The molecule has 1 aromatic heterocycles. The minimum Gasteiger partial charge on any atom is -0.307 e. The molecular weight excluding hydrogens is 392 g/mol. The van der Waals surface area contributed by atoms with E-state index in [2.05, 4.69) is 47.0 Å². The van der Waals surface area contributed by atoms with Gasteiger partial charge in [0.25, 0.3) is 0 Å². The van der Waals surface area contributed by atoms with E-state index in [1.807, 2.05) is 47.1 Å².